The predicted octanol–water partition coefficient (Wildman–Crippen LogP) is 1.76. The highest BCUT2D eigenvalue weighted by molar-refractivity contribution is 6.30. The first-order valence-electron chi connectivity index (χ1n) is 5.41. The number of pyridine rings is 1. The van der Waals surface area contributed by atoms with Crippen LogP contribution in [0.5, 0.6) is 0 Å². The molecule has 16 heavy (non-hydrogen) atoms. The van der Waals surface area contributed by atoms with Gasteiger partial charge in [0.2, 0.25) is 0 Å². The molecule has 2 atom stereocenters. The molecular weight excluding hydrogens is 224 g/mol. The fourth-order valence-electron chi connectivity index (χ4n) is 1.85. The van der Waals surface area contributed by atoms with Crippen LogP contribution in [0, 0.1) is 5.92 Å². The Morgan fingerprint density at radius 2 is 2.38 bits per heavy atom. The molecule has 0 saturated heterocycles. The van der Waals surface area contributed by atoms with Crippen molar-refractivity contribution >= 4 is 11.6 Å². The molecule has 0 aromatic carbocycles. The normalized spacial score (nSPS) is 23.9. The summed E-state index contributed by atoms with van der Waals surface area (Å²) >= 11 is 5.96. The molecule has 2 N–H and O–H groups in total. The van der Waals surface area contributed by atoms with E-state index in [1.54, 1.807) is 6.20 Å². The minimum Gasteiger partial charge on any atom is -0.396 e. The van der Waals surface area contributed by atoms with Gasteiger partial charge in [0.25, 0.3) is 0 Å². The maximum absolute atomic E-state index is 9.00. The summed E-state index contributed by atoms with van der Waals surface area (Å²) in [7, 11) is 0. The fourth-order valence-corrected chi connectivity index (χ4v) is 2.04. The van der Waals surface area contributed by atoms with Gasteiger partial charge < -0.3 is 10.4 Å². The molecule has 0 bridgehead atoms. The summed E-state index contributed by atoms with van der Waals surface area (Å²) in [5.74, 6) is 0.293. The zero-order valence-electron chi connectivity index (χ0n) is 8.94. The third-order valence-corrected chi connectivity index (χ3v) is 3.14. The Morgan fingerprint density at radius 1 is 1.50 bits per heavy atom. The van der Waals surface area contributed by atoms with E-state index in [2.05, 4.69) is 22.5 Å². The van der Waals surface area contributed by atoms with Crippen LogP contribution in [0.25, 0.3) is 0 Å². The summed E-state index contributed by atoms with van der Waals surface area (Å²) in [5, 5.41) is 12.9. The van der Waals surface area contributed by atoms with Gasteiger partial charge in [-0.05, 0) is 12.5 Å². The molecule has 0 spiro atoms. The van der Waals surface area contributed by atoms with Crippen molar-refractivity contribution in [3.8, 4) is 0 Å². The number of halogens is 1. The van der Waals surface area contributed by atoms with Gasteiger partial charge in [-0.15, -0.1) is 0 Å². The first-order valence-corrected chi connectivity index (χ1v) is 5.79. The van der Waals surface area contributed by atoms with Crippen LogP contribution in [0.4, 0.5) is 0 Å². The van der Waals surface area contributed by atoms with E-state index < -0.39 is 0 Å². The highest BCUT2D eigenvalue weighted by Crippen LogP contribution is 2.18. The van der Waals surface area contributed by atoms with E-state index in [0.717, 1.165) is 12.0 Å². The van der Waals surface area contributed by atoms with Crippen LogP contribution in [0.3, 0.4) is 0 Å². The van der Waals surface area contributed by atoms with Crippen LogP contribution < -0.4 is 5.32 Å². The van der Waals surface area contributed by atoms with E-state index >= 15 is 0 Å². The molecular formula is C12H15ClN2O. The minimum atomic E-state index is 0.225. The van der Waals surface area contributed by atoms with E-state index in [-0.39, 0.29) is 6.61 Å². The lowest BCUT2D eigenvalue weighted by molar-refractivity contribution is 0.246. The van der Waals surface area contributed by atoms with E-state index in [0.29, 0.717) is 23.7 Å². The van der Waals surface area contributed by atoms with E-state index in [9.17, 15) is 0 Å². The number of rotatable bonds is 4. The van der Waals surface area contributed by atoms with Crippen molar-refractivity contribution < 1.29 is 5.11 Å². The number of hydrogen-bond donors (Lipinski definition) is 2. The Balaban J connectivity index is 1.85. The highest BCUT2D eigenvalue weighted by Gasteiger charge is 2.17. The van der Waals surface area contributed by atoms with Gasteiger partial charge >= 0.3 is 0 Å². The van der Waals surface area contributed by atoms with Crippen LogP contribution in [0.2, 0.25) is 5.15 Å². The lowest BCUT2D eigenvalue weighted by Gasteiger charge is -2.12. The quantitative estimate of drug-likeness (QED) is 0.621. The SMILES string of the molecule is OC[C@H]1C=C[C@@H](NCc2cccnc2Cl)C1. The maximum atomic E-state index is 9.00. The van der Waals surface area contributed by atoms with Crippen molar-refractivity contribution in [3.05, 3.63) is 41.2 Å². The maximum Gasteiger partial charge on any atom is 0.133 e. The van der Waals surface area contributed by atoms with Gasteiger partial charge in [-0.2, -0.15) is 0 Å². The van der Waals surface area contributed by atoms with Crippen LogP contribution in [0.1, 0.15) is 12.0 Å². The largest absolute Gasteiger partial charge is 0.396 e. The molecule has 4 heteroatoms. The summed E-state index contributed by atoms with van der Waals surface area (Å²) in [6.45, 7) is 0.933. The van der Waals surface area contributed by atoms with Gasteiger partial charge in [0.1, 0.15) is 5.15 Å². The first kappa shape index (κ1) is 11.6. The van der Waals surface area contributed by atoms with Gasteiger partial charge in [-0.3, -0.25) is 0 Å². The number of aromatic nitrogens is 1. The Hall–Kier alpha value is -0.900. The molecule has 1 aromatic rings. The standard InChI is InChI=1S/C12H15ClN2O/c13-12-10(2-1-5-14-12)7-15-11-4-3-9(6-11)8-16/h1-5,9,11,15-16H,6-8H2/t9-,11+/m0/s1. The van der Waals surface area contributed by atoms with Gasteiger partial charge in [-0.1, -0.05) is 29.8 Å². The Bertz CT molecular complexity index is 381. The molecule has 2 rings (SSSR count). The third-order valence-electron chi connectivity index (χ3n) is 2.80. The fraction of sp³-hybridized carbons (Fsp3) is 0.417. The molecule has 0 aliphatic heterocycles. The zero-order valence-corrected chi connectivity index (χ0v) is 9.69. The molecule has 3 nitrogen and oxygen atoms in total. The molecule has 1 aliphatic rings. The summed E-state index contributed by atoms with van der Waals surface area (Å²) < 4.78 is 0. The minimum absolute atomic E-state index is 0.225. The Kier molecular flexibility index (Phi) is 3.93. The van der Waals surface area contributed by atoms with Crippen molar-refractivity contribution in [1.82, 2.24) is 10.3 Å². The van der Waals surface area contributed by atoms with Crippen LogP contribution in [-0.4, -0.2) is 22.7 Å². The van der Waals surface area contributed by atoms with Gasteiger partial charge in [0, 0.05) is 36.9 Å². The third kappa shape index (κ3) is 2.82. The van der Waals surface area contributed by atoms with Crippen molar-refractivity contribution in [2.75, 3.05) is 6.61 Å². The van der Waals surface area contributed by atoms with Crippen LogP contribution >= 0.6 is 11.6 Å². The summed E-state index contributed by atoms with van der Waals surface area (Å²) in [4.78, 5) is 4.02. The van der Waals surface area contributed by atoms with Crippen LogP contribution in [0.15, 0.2) is 30.5 Å². The summed E-state index contributed by atoms with van der Waals surface area (Å²) in [6.07, 6.45) is 6.80. The zero-order chi connectivity index (χ0) is 11.4. The first-order chi connectivity index (χ1) is 7.79. The lowest BCUT2D eigenvalue weighted by atomic mass is 10.1. The molecule has 1 aliphatic carbocycles. The van der Waals surface area contributed by atoms with Crippen LogP contribution in [-0.2, 0) is 6.54 Å². The van der Waals surface area contributed by atoms with Crippen molar-refractivity contribution in [2.24, 2.45) is 5.92 Å². The van der Waals surface area contributed by atoms with E-state index in [1.807, 2.05) is 12.1 Å². The predicted molar refractivity (Wildman–Crippen MR) is 64.2 cm³/mol. The highest BCUT2D eigenvalue weighted by atomic mass is 35.5. The number of nitrogens with one attached hydrogen (secondary N) is 1. The summed E-state index contributed by atoms with van der Waals surface area (Å²) in [5.41, 5.74) is 1.00. The van der Waals surface area contributed by atoms with Crippen molar-refractivity contribution in [3.63, 3.8) is 0 Å². The average molecular weight is 239 g/mol. The van der Waals surface area contributed by atoms with E-state index in [4.69, 9.17) is 16.7 Å². The number of hydrogen-bond acceptors (Lipinski definition) is 3. The molecule has 1 aromatic heterocycles. The molecule has 0 unspecified atom stereocenters. The molecule has 0 radical (unpaired) electrons. The average Bonchev–Trinajstić information content (AvgIpc) is 2.76. The van der Waals surface area contributed by atoms with Crippen molar-refractivity contribution in [1.29, 1.82) is 0 Å². The number of aliphatic hydroxyl groups excluding tert-OH is 1. The smallest absolute Gasteiger partial charge is 0.133 e. The monoisotopic (exact) mass is 238 g/mol. The Morgan fingerprint density at radius 3 is 3.06 bits per heavy atom. The lowest BCUT2D eigenvalue weighted by Crippen LogP contribution is -2.26. The molecule has 0 saturated carbocycles. The summed E-state index contributed by atoms with van der Waals surface area (Å²) in [6, 6.07) is 4.17. The second kappa shape index (κ2) is 5.43. The second-order valence-corrected chi connectivity index (χ2v) is 4.36. The number of nitrogens with zero attached hydrogens (tertiary/aromatic N) is 1. The van der Waals surface area contributed by atoms with Gasteiger partial charge in [0.05, 0.1) is 0 Å². The van der Waals surface area contributed by atoms with Gasteiger partial charge in [0.15, 0.2) is 0 Å². The van der Waals surface area contributed by atoms with Crippen molar-refractivity contribution in [2.45, 2.75) is 19.0 Å². The van der Waals surface area contributed by atoms with E-state index in [1.165, 1.54) is 0 Å². The molecule has 86 valence electrons. The molecule has 0 fully saturated rings. The Labute approximate surface area is 100 Å². The number of aliphatic hydroxyl groups is 1. The van der Waals surface area contributed by atoms with Gasteiger partial charge in [-0.25, -0.2) is 4.98 Å². The molecule has 1 heterocycles. The second-order valence-electron chi connectivity index (χ2n) is 4.00. The molecule has 0 amide bonds. The topological polar surface area (TPSA) is 45.1 Å².